The Morgan fingerprint density at radius 3 is 2.20 bits per heavy atom. The van der Waals surface area contributed by atoms with Crippen LogP contribution in [0.2, 0.25) is 0 Å². The molecule has 1 fully saturated rings. The number of aromatic carboxylic acids is 1. The van der Waals surface area contributed by atoms with Gasteiger partial charge in [-0.25, -0.2) is 9.59 Å². The number of carboxylic acids is 1. The van der Waals surface area contributed by atoms with Crippen LogP contribution in [0.25, 0.3) is 0 Å². The molecule has 2 rings (SSSR count). The van der Waals surface area contributed by atoms with E-state index in [2.05, 4.69) is 19.2 Å². The summed E-state index contributed by atoms with van der Waals surface area (Å²) in [5.41, 5.74) is 1.13. The highest BCUT2D eigenvalue weighted by Gasteiger charge is 2.27. The standard InChI is InChI=1S/C15H20N2O3/c1-15(2)7-9-17(10-8-15)14(20)16-12-5-3-11(4-6-12)13(18)19/h3-6H,7-10H2,1-2H3,(H,16,20)(H,18,19). The van der Waals surface area contributed by atoms with Gasteiger partial charge in [-0.1, -0.05) is 13.8 Å². The molecule has 2 N–H and O–H groups in total. The molecular weight excluding hydrogens is 256 g/mol. The van der Waals surface area contributed by atoms with Gasteiger partial charge in [0.25, 0.3) is 0 Å². The maximum absolute atomic E-state index is 12.1. The molecule has 0 unspecified atom stereocenters. The van der Waals surface area contributed by atoms with Crippen molar-refractivity contribution in [3.8, 4) is 0 Å². The fourth-order valence-electron chi connectivity index (χ4n) is 2.21. The summed E-state index contributed by atoms with van der Waals surface area (Å²) in [6.45, 7) is 5.94. The normalized spacial score (nSPS) is 17.6. The van der Waals surface area contributed by atoms with Crippen molar-refractivity contribution in [2.24, 2.45) is 5.41 Å². The summed E-state index contributed by atoms with van der Waals surface area (Å²) >= 11 is 0. The molecule has 1 aromatic rings. The van der Waals surface area contributed by atoms with Gasteiger partial charge in [-0.3, -0.25) is 0 Å². The van der Waals surface area contributed by atoms with Crippen LogP contribution in [0.15, 0.2) is 24.3 Å². The highest BCUT2D eigenvalue weighted by atomic mass is 16.4. The zero-order chi connectivity index (χ0) is 14.8. The number of carbonyl (C=O) groups is 2. The van der Waals surface area contributed by atoms with Gasteiger partial charge >= 0.3 is 12.0 Å². The predicted molar refractivity (Wildman–Crippen MR) is 77.0 cm³/mol. The minimum Gasteiger partial charge on any atom is -0.478 e. The largest absolute Gasteiger partial charge is 0.478 e. The van der Waals surface area contributed by atoms with E-state index in [1.165, 1.54) is 12.1 Å². The molecule has 0 aromatic heterocycles. The number of benzene rings is 1. The van der Waals surface area contributed by atoms with Gasteiger partial charge in [0.1, 0.15) is 0 Å². The smallest absolute Gasteiger partial charge is 0.335 e. The van der Waals surface area contributed by atoms with Gasteiger partial charge in [0, 0.05) is 18.8 Å². The number of carboxylic acid groups (broad SMARTS) is 1. The van der Waals surface area contributed by atoms with Gasteiger partial charge in [-0.2, -0.15) is 0 Å². The van der Waals surface area contributed by atoms with Crippen LogP contribution in [0.3, 0.4) is 0 Å². The highest BCUT2D eigenvalue weighted by Crippen LogP contribution is 2.29. The molecule has 2 amide bonds. The van der Waals surface area contributed by atoms with Crippen molar-refractivity contribution in [1.82, 2.24) is 4.90 Å². The van der Waals surface area contributed by atoms with Crippen LogP contribution in [0, 0.1) is 5.41 Å². The number of hydrogen-bond donors (Lipinski definition) is 2. The summed E-state index contributed by atoms with van der Waals surface area (Å²) in [6, 6.07) is 6.06. The zero-order valence-electron chi connectivity index (χ0n) is 11.8. The van der Waals surface area contributed by atoms with Crippen molar-refractivity contribution < 1.29 is 14.7 Å². The number of likely N-dealkylation sites (tertiary alicyclic amines) is 1. The van der Waals surface area contributed by atoms with Crippen molar-refractivity contribution in [2.75, 3.05) is 18.4 Å². The molecule has 0 atom stereocenters. The summed E-state index contributed by atoms with van der Waals surface area (Å²) in [7, 11) is 0. The van der Waals surface area contributed by atoms with Crippen LogP contribution in [-0.4, -0.2) is 35.1 Å². The van der Waals surface area contributed by atoms with E-state index in [9.17, 15) is 9.59 Å². The molecule has 1 aromatic carbocycles. The molecule has 0 radical (unpaired) electrons. The maximum Gasteiger partial charge on any atom is 0.335 e. The van der Waals surface area contributed by atoms with E-state index < -0.39 is 5.97 Å². The molecule has 108 valence electrons. The van der Waals surface area contributed by atoms with Gasteiger partial charge < -0.3 is 15.3 Å². The first kappa shape index (κ1) is 14.4. The molecule has 1 heterocycles. The lowest BCUT2D eigenvalue weighted by atomic mass is 9.83. The summed E-state index contributed by atoms with van der Waals surface area (Å²) in [6.07, 6.45) is 2.00. The highest BCUT2D eigenvalue weighted by molar-refractivity contribution is 5.91. The molecule has 0 saturated carbocycles. The monoisotopic (exact) mass is 276 g/mol. The Kier molecular flexibility index (Phi) is 3.97. The number of rotatable bonds is 2. The lowest BCUT2D eigenvalue weighted by Gasteiger charge is -2.36. The Labute approximate surface area is 118 Å². The predicted octanol–water partition coefficient (Wildman–Crippen LogP) is 3.04. The number of anilines is 1. The second-order valence-electron chi connectivity index (χ2n) is 5.96. The van der Waals surface area contributed by atoms with Crippen molar-refractivity contribution in [2.45, 2.75) is 26.7 Å². The molecule has 1 saturated heterocycles. The molecule has 0 bridgehead atoms. The van der Waals surface area contributed by atoms with E-state index in [0.29, 0.717) is 11.1 Å². The number of hydrogen-bond acceptors (Lipinski definition) is 2. The lowest BCUT2D eigenvalue weighted by Crippen LogP contribution is -2.43. The van der Waals surface area contributed by atoms with Crippen LogP contribution < -0.4 is 5.32 Å². The summed E-state index contributed by atoms with van der Waals surface area (Å²) in [5.74, 6) is -0.971. The third kappa shape index (κ3) is 3.50. The molecule has 20 heavy (non-hydrogen) atoms. The van der Waals surface area contributed by atoms with Crippen molar-refractivity contribution in [1.29, 1.82) is 0 Å². The SMILES string of the molecule is CC1(C)CCN(C(=O)Nc2ccc(C(=O)O)cc2)CC1. The number of piperidine rings is 1. The van der Waals surface area contributed by atoms with E-state index in [1.807, 2.05) is 0 Å². The van der Waals surface area contributed by atoms with Crippen LogP contribution in [-0.2, 0) is 0 Å². The average Bonchev–Trinajstić information content (AvgIpc) is 2.39. The minimum atomic E-state index is -0.971. The van der Waals surface area contributed by atoms with E-state index >= 15 is 0 Å². The Morgan fingerprint density at radius 2 is 1.70 bits per heavy atom. The molecular formula is C15H20N2O3. The Morgan fingerprint density at radius 1 is 1.15 bits per heavy atom. The van der Waals surface area contributed by atoms with Gasteiger partial charge in [0.2, 0.25) is 0 Å². The van der Waals surface area contributed by atoms with Crippen LogP contribution in [0.1, 0.15) is 37.0 Å². The fourth-order valence-corrected chi connectivity index (χ4v) is 2.21. The first-order valence-electron chi connectivity index (χ1n) is 6.77. The third-order valence-corrected chi connectivity index (χ3v) is 3.79. The van der Waals surface area contributed by atoms with Crippen LogP contribution >= 0.6 is 0 Å². The topological polar surface area (TPSA) is 69.6 Å². The first-order valence-corrected chi connectivity index (χ1v) is 6.77. The molecule has 1 aliphatic rings. The average molecular weight is 276 g/mol. The Balaban J connectivity index is 1.93. The second-order valence-corrected chi connectivity index (χ2v) is 5.96. The number of amides is 2. The van der Waals surface area contributed by atoms with Gasteiger partial charge in [-0.15, -0.1) is 0 Å². The fraction of sp³-hybridized carbons (Fsp3) is 0.467. The molecule has 5 heteroatoms. The van der Waals surface area contributed by atoms with Crippen molar-refractivity contribution in [3.63, 3.8) is 0 Å². The van der Waals surface area contributed by atoms with Crippen LogP contribution in [0.5, 0.6) is 0 Å². The molecule has 5 nitrogen and oxygen atoms in total. The number of carbonyl (C=O) groups excluding carboxylic acids is 1. The summed E-state index contributed by atoms with van der Waals surface area (Å²) in [5, 5.41) is 11.6. The van der Waals surface area contributed by atoms with E-state index in [4.69, 9.17) is 5.11 Å². The minimum absolute atomic E-state index is 0.122. The van der Waals surface area contributed by atoms with Gasteiger partial charge in [0.15, 0.2) is 0 Å². The van der Waals surface area contributed by atoms with E-state index in [1.54, 1.807) is 17.0 Å². The van der Waals surface area contributed by atoms with E-state index in [0.717, 1.165) is 25.9 Å². The number of urea groups is 1. The summed E-state index contributed by atoms with van der Waals surface area (Å²) in [4.78, 5) is 24.6. The second kappa shape index (κ2) is 5.53. The molecule has 1 aliphatic heterocycles. The number of nitrogens with one attached hydrogen (secondary N) is 1. The van der Waals surface area contributed by atoms with Gasteiger partial charge in [0.05, 0.1) is 5.56 Å². The maximum atomic E-state index is 12.1. The quantitative estimate of drug-likeness (QED) is 0.872. The Bertz CT molecular complexity index is 498. The zero-order valence-corrected chi connectivity index (χ0v) is 11.8. The van der Waals surface area contributed by atoms with Crippen molar-refractivity contribution in [3.05, 3.63) is 29.8 Å². The third-order valence-electron chi connectivity index (χ3n) is 3.79. The lowest BCUT2D eigenvalue weighted by molar-refractivity contribution is 0.0697. The summed E-state index contributed by atoms with van der Waals surface area (Å²) < 4.78 is 0. The number of nitrogens with zero attached hydrogens (tertiary/aromatic N) is 1. The molecule has 0 aliphatic carbocycles. The van der Waals surface area contributed by atoms with Crippen molar-refractivity contribution >= 4 is 17.7 Å². The molecule has 0 spiro atoms. The first-order chi connectivity index (χ1) is 9.37. The van der Waals surface area contributed by atoms with Gasteiger partial charge in [-0.05, 0) is 42.5 Å². The van der Waals surface area contributed by atoms with Crippen LogP contribution in [0.4, 0.5) is 10.5 Å². The van der Waals surface area contributed by atoms with E-state index in [-0.39, 0.29) is 11.6 Å². The Hall–Kier alpha value is -2.04.